The van der Waals surface area contributed by atoms with Crippen LogP contribution in [0.25, 0.3) is 0 Å². The molecule has 3 N–H and O–H groups in total. The number of rotatable bonds is 2. The molecule has 5 heteroatoms. The van der Waals surface area contributed by atoms with Crippen molar-refractivity contribution in [2.45, 2.75) is 25.6 Å². The Bertz CT molecular complexity index is 362. The van der Waals surface area contributed by atoms with E-state index in [9.17, 15) is 9.90 Å². The fourth-order valence-electron chi connectivity index (χ4n) is 1.86. The molecule has 5 nitrogen and oxygen atoms in total. The highest BCUT2D eigenvalue weighted by atomic mass is 16.6. The van der Waals surface area contributed by atoms with Gasteiger partial charge in [0, 0.05) is 13.1 Å². The third kappa shape index (κ3) is 5.28. The van der Waals surface area contributed by atoms with E-state index in [1.54, 1.807) is 4.90 Å². The number of ether oxygens (including phenoxy) is 1. The number of aliphatic hydroxyl groups excluding tert-OH is 1. The van der Waals surface area contributed by atoms with Gasteiger partial charge in [-0.15, -0.1) is 0 Å². The third-order valence-electron chi connectivity index (χ3n) is 2.93. The molecule has 1 heterocycles. The molecular weight excluding hydrogens is 244 g/mol. The van der Waals surface area contributed by atoms with Crippen LogP contribution in [0.15, 0.2) is 30.3 Å². The Kier molecular flexibility index (Phi) is 6.92. The van der Waals surface area contributed by atoms with Crippen LogP contribution in [0.3, 0.4) is 0 Å². The first-order valence-electron chi connectivity index (χ1n) is 6.47. The van der Waals surface area contributed by atoms with Gasteiger partial charge in [0.1, 0.15) is 6.61 Å². The van der Waals surface area contributed by atoms with Gasteiger partial charge in [0.05, 0.1) is 6.10 Å². The smallest absolute Gasteiger partial charge is 0.410 e. The van der Waals surface area contributed by atoms with Gasteiger partial charge in [0.2, 0.25) is 0 Å². The summed E-state index contributed by atoms with van der Waals surface area (Å²) in [4.78, 5) is 13.3. The Labute approximate surface area is 114 Å². The fraction of sp³-hybridized carbons (Fsp3) is 0.500. The van der Waals surface area contributed by atoms with Crippen molar-refractivity contribution in [2.24, 2.45) is 5.73 Å². The van der Waals surface area contributed by atoms with Gasteiger partial charge in [0.25, 0.3) is 0 Å². The Morgan fingerprint density at radius 1 is 1.32 bits per heavy atom. The molecule has 2 rings (SSSR count). The van der Waals surface area contributed by atoms with Crippen molar-refractivity contribution >= 4 is 6.09 Å². The minimum absolute atomic E-state index is 0.270. The number of hydrogen-bond donors (Lipinski definition) is 2. The minimum Gasteiger partial charge on any atom is -0.445 e. The summed E-state index contributed by atoms with van der Waals surface area (Å²) in [6.45, 7) is 1.46. The molecule has 1 aliphatic heterocycles. The normalized spacial score (nSPS) is 15.4. The summed E-state index contributed by atoms with van der Waals surface area (Å²) in [7, 11) is 1.50. The predicted molar refractivity (Wildman–Crippen MR) is 73.6 cm³/mol. The Morgan fingerprint density at radius 2 is 1.89 bits per heavy atom. The lowest BCUT2D eigenvalue weighted by Crippen LogP contribution is -2.40. The van der Waals surface area contributed by atoms with Crippen LogP contribution in [0.4, 0.5) is 4.79 Å². The third-order valence-corrected chi connectivity index (χ3v) is 2.93. The second-order valence-corrected chi connectivity index (χ2v) is 4.26. The zero-order valence-corrected chi connectivity index (χ0v) is 11.3. The number of nitrogens with zero attached hydrogens (tertiary/aromatic N) is 1. The molecule has 106 valence electrons. The van der Waals surface area contributed by atoms with E-state index in [1.165, 1.54) is 7.05 Å². The predicted octanol–water partition coefficient (Wildman–Crippen LogP) is 1.35. The van der Waals surface area contributed by atoms with Crippen LogP contribution in [0, 0.1) is 0 Å². The summed E-state index contributed by atoms with van der Waals surface area (Å²) in [5, 5.41) is 9.34. The number of likely N-dealkylation sites (tertiary alicyclic amines) is 1. The van der Waals surface area contributed by atoms with Crippen molar-refractivity contribution in [1.82, 2.24) is 4.90 Å². The summed E-state index contributed by atoms with van der Waals surface area (Å²) in [6.07, 6.45) is 0.717. The standard InChI is InChI=1S/C13H17NO3.CH5N/c15-12-6-8-14(9-7-12)13(16)17-10-11-4-2-1-3-5-11;1-2/h1-5,12,15H,6-10H2;2H2,1H3. The molecule has 1 fully saturated rings. The molecule has 0 radical (unpaired) electrons. The van der Waals surface area contributed by atoms with E-state index >= 15 is 0 Å². The lowest BCUT2D eigenvalue weighted by atomic mass is 10.1. The summed E-state index contributed by atoms with van der Waals surface area (Å²) < 4.78 is 5.21. The van der Waals surface area contributed by atoms with E-state index in [1.807, 2.05) is 30.3 Å². The quantitative estimate of drug-likeness (QED) is 0.847. The number of piperidine rings is 1. The van der Waals surface area contributed by atoms with Crippen LogP contribution in [-0.4, -0.2) is 42.3 Å². The topological polar surface area (TPSA) is 75.8 Å². The van der Waals surface area contributed by atoms with Crippen LogP contribution in [0.1, 0.15) is 18.4 Å². The fourth-order valence-corrected chi connectivity index (χ4v) is 1.86. The molecule has 1 aromatic carbocycles. The van der Waals surface area contributed by atoms with Gasteiger partial charge in [-0.25, -0.2) is 4.79 Å². The first kappa shape index (κ1) is 15.5. The highest BCUT2D eigenvalue weighted by molar-refractivity contribution is 5.67. The molecular formula is C14H22N2O3. The van der Waals surface area contributed by atoms with E-state index in [-0.39, 0.29) is 12.2 Å². The van der Waals surface area contributed by atoms with Crippen LogP contribution in [0.5, 0.6) is 0 Å². The second-order valence-electron chi connectivity index (χ2n) is 4.26. The van der Waals surface area contributed by atoms with Crippen molar-refractivity contribution in [1.29, 1.82) is 0 Å². The molecule has 1 saturated heterocycles. The number of carbonyl (C=O) groups is 1. The maximum Gasteiger partial charge on any atom is 0.410 e. The van der Waals surface area contributed by atoms with Crippen molar-refractivity contribution < 1.29 is 14.6 Å². The van der Waals surface area contributed by atoms with Gasteiger partial charge in [-0.05, 0) is 25.5 Å². The van der Waals surface area contributed by atoms with Gasteiger partial charge in [-0.3, -0.25) is 0 Å². The minimum atomic E-state index is -0.291. The molecule has 0 bridgehead atoms. The first-order valence-corrected chi connectivity index (χ1v) is 6.47. The zero-order chi connectivity index (χ0) is 14.1. The lowest BCUT2D eigenvalue weighted by Gasteiger charge is -2.28. The zero-order valence-electron chi connectivity index (χ0n) is 11.3. The maximum absolute atomic E-state index is 11.7. The molecule has 1 aromatic rings. The Morgan fingerprint density at radius 3 is 2.47 bits per heavy atom. The first-order chi connectivity index (χ1) is 9.25. The molecule has 0 saturated carbocycles. The summed E-state index contributed by atoms with van der Waals surface area (Å²) in [6, 6.07) is 9.61. The van der Waals surface area contributed by atoms with E-state index in [2.05, 4.69) is 5.73 Å². The average molecular weight is 266 g/mol. The molecule has 0 atom stereocenters. The van der Waals surface area contributed by atoms with Gasteiger partial charge >= 0.3 is 6.09 Å². The largest absolute Gasteiger partial charge is 0.445 e. The van der Waals surface area contributed by atoms with Crippen molar-refractivity contribution in [3.63, 3.8) is 0 Å². The summed E-state index contributed by atoms with van der Waals surface area (Å²) in [5.74, 6) is 0. The van der Waals surface area contributed by atoms with Crippen molar-refractivity contribution in [3.05, 3.63) is 35.9 Å². The summed E-state index contributed by atoms with van der Waals surface area (Å²) >= 11 is 0. The van der Waals surface area contributed by atoms with Crippen LogP contribution in [0.2, 0.25) is 0 Å². The number of hydrogen-bond acceptors (Lipinski definition) is 4. The molecule has 0 spiro atoms. The van der Waals surface area contributed by atoms with Crippen LogP contribution >= 0.6 is 0 Å². The van der Waals surface area contributed by atoms with Crippen LogP contribution < -0.4 is 5.73 Å². The number of aliphatic hydroxyl groups is 1. The number of amides is 1. The van der Waals surface area contributed by atoms with Gasteiger partial charge < -0.3 is 20.5 Å². The molecule has 0 unspecified atom stereocenters. The highest BCUT2D eigenvalue weighted by Gasteiger charge is 2.22. The SMILES string of the molecule is CN.O=C(OCc1ccccc1)N1CCC(O)CC1. The second kappa shape index (κ2) is 8.50. The van der Waals surface area contributed by atoms with Gasteiger partial charge in [-0.2, -0.15) is 0 Å². The van der Waals surface area contributed by atoms with Crippen molar-refractivity contribution in [3.8, 4) is 0 Å². The van der Waals surface area contributed by atoms with E-state index < -0.39 is 0 Å². The Balaban J connectivity index is 0.000000861. The molecule has 0 aromatic heterocycles. The van der Waals surface area contributed by atoms with E-state index in [4.69, 9.17) is 4.74 Å². The number of benzene rings is 1. The average Bonchev–Trinajstić information content (AvgIpc) is 2.49. The number of carbonyl (C=O) groups excluding carboxylic acids is 1. The molecule has 0 aliphatic carbocycles. The molecule has 1 amide bonds. The van der Waals surface area contributed by atoms with E-state index in [0.29, 0.717) is 32.5 Å². The monoisotopic (exact) mass is 266 g/mol. The highest BCUT2D eigenvalue weighted by Crippen LogP contribution is 2.11. The summed E-state index contributed by atoms with van der Waals surface area (Å²) in [5.41, 5.74) is 5.48. The van der Waals surface area contributed by atoms with Gasteiger partial charge in [0.15, 0.2) is 0 Å². The molecule has 19 heavy (non-hydrogen) atoms. The lowest BCUT2D eigenvalue weighted by molar-refractivity contribution is 0.0560. The Hall–Kier alpha value is -1.59. The van der Waals surface area contributed by atoms with Crippen LogP contribution in [-0.2, 0) is 11.3 Å². The van der Waals surface area contributed by atoms with Crippen molar-refractivity contribution in [2.75, 3.05) is 20.1 Å². The van der Waals surface area contributed by atoms with E-state index in [0.717, 1.165) is 5.56 Å². The number of nitrogens with two attached hydrogens (primary N) is 1. The maximum atomic E-state index is 11.7. The molecule has 1 aliphatic rings. The van der Waals surface area contributed by atoms with Gasteiger partial charge in [-0.1, -0.05) is 30.3 Å².